The Bertz CT molecular complexity index is 725. The van der Waals surface area contributed by atoms with Crippen LogP contribution in [0.5, 0.6) is 0 Å². The zero-order chi connectivity index (χ0) is 16.2. The van der Waals surface area contributed by atoms with Gasteiger partial charge < -0.3 is 5.32 Å². The Morgan fingerprint density at radius 1 is 1.00 bits per heavy atom. The van der Waals surface area contributed by atoms with Crippen LogP contribution in [0.1, 0.15) is 42.3 Å². The van der Waals surface area contributed by atoms with Crippen molar-refractivity contribution in [1.82, 2.24) is 0 Å². The molecule has 0 aromatic heterocycles. The van der Waals surface area contributed by atoms with Crippen LogP contribution >= 0.6 is 0 Å². The van der Waals surface area contributed by atoms with Crippen LogP contribution in [0.2, 0.25) is 0 Å². The normalized spacial score (nSPS) is 10.5. The number of carbonyl (C=O) groups excluding carboxylic acids is 1. The number of nitrogens with one attached hydrogen (secondary N) is 1. The lowest BCUT2D eigenvalue weighted by Crippen LogP contribution is -2.10. The fourth-order valence-corrected chi connectivity index (χ4v) is 2.15. The van der Waals surface area contributed by atoms with Crippen molar-refractivity contribution in [3.05, 3.63) is 65.2 Å². The Morgan fingerprint density at radius 2 is 1.64 bits per heavy atom. The van der Waals surface area contributed by atoms with Crippen LogP contribution in [0.3, 0.4) is 0 Å². The molecule has 0 saturated carbocycles. The molecule has 2 nitrogen and oxygen atoms in total. The molecule has 0 amide bonds. The van der Waals surface area contributed by atoms with E-state index in [1.165, 1.54) is 5.56 Å². The number of rotatable bonds is 2. The van der Waals surface area contributed by atoms with Crippen LogP contribution in [0.15, 0.2) is 48.5 Å². The van der Waals surface area contributed by atoms with E-state index in [1.807, 2.05) is 30.3 Å². The molecule has 2 rings (SSSR count). The molecule has 2 aromatic carbocycles. The molecule has 2 heteroatoms. The third-order valence-corrected chi connectivity index (χ3v) is 3.51. The van der Waals surface area contributed by atoms with Gasteiger partial charge in [0.15, 0.2) is 0 Å². The average molecular weight is 291 g/mol. The minimum atomic E-state index is -0.176. The van der Waals surface area contributed by atoms with Gasteiger partial charge in [0.05, 0.1) is 5.56 Å². The van der Waals surface area contributed by atoms with Crippen LogP contribution in [-0.4, -0.2) is 12.8 Å². The molecule has 0 radical (unpaired) electrons. The Kier molecular flexibility index (Phi) is 4.68. The van der Waals surface area contributed by atoms with Crippen molar-refractivity contribution < 1.29 is 4.79 Å². The van der Waals surface area contributed by atoms with Crippen LogP contribution < -0.4 is 5.32 Å². The second-order valence-corrected chi connectivity index (χ2v) is 6.20. The summed E-state index contributed by atoms with van der Waals surface area (Å²) in [6, 6.07) is 15.4. The molecule has 2 aromatic rings. The van der Waals surface area contributed by atoms with Gasteiger partial charge in [0.2, 0.25) is 5.78 Å². The van der Waals surface area contributed by atoms with Crippen molar-refractivity contribution in [2.24, 2.45) is 0 Å². The summed E-state index contributed by atoms with van der Waals surface area (Å²) in [7, 11) is 1.80. The molecule has 0 unspecified atom stereocenters. The maximum atomic E-state index is 12.2. The van der Waals surface area contributed by atoms with Gasteiger partial charge in [-0.25, -0.2) is 0 Å². The van der Waals surface area contributed by atoms with E-state index < -0.39 is 0 Å². The summed E-state index contributed by atoms with van der Waals surface area (Å²) in [6.07, 6.45) is 0. The first-order chi connectivity index (χ1) is 10.4. The lowest BCUT2D eigenvalue weighted by Gasteiger charge is -2.18. The lowest BCUT2D eigenvalue weighted by molar-refractivity contribution is 0.105. The number of hydrogen-bond donors (Lipinski definition) is 1. The number of benzene rings is 2. The molecule has 0 atom stereocenters. The lowest BCUT2D eigenvalue weighted by atomic mass is 9.87. The van der Waals surface area contributed by atoms with E-state index in [9.17, 15) is 4.79 Å². The van der Waals surface area contributed by atoms with Crippen LogP contribution in [-0.2, 0) is 5.41 Å². The highest BCUT2D eigenvalue weighted by atomic mass is 16.1. The van der Waals surface area contributed by atoms with Gasteiger partial charge >= 0.3 is 0 Å². The second kappa shape index (κ2) is 6.49. The van der Waals surface area contributed by atoms with Gasteiger partial charge in [-0.2, -0.15) is 0 Å². The van der Waals surface area contributed by atoms with Gasteiger partial charge in [0, 0.05) is 18.3 Å². The summed E-state index contributed by atoms with van der Waals surface area (Å²) >= 11 is 0. The number of para-hydroxylation sites is 1. The Labute approximate surface area is 132 Å². The SMILES string of the molecule is CNc1ccccc1C(=O)C#Cc1ccc(C(C)(C)C)cc1. The third kappa shape index (κ3) is 3.77. The first kappa shape index (κ1) is 15.9. The highest BCUT2D eigenvalue weighted by Gasteiger charge is 2.12. The molecule has 0 aliphatic carbocycles. The van der Waals surface area contributed by atoms with Gasteiger partial charge in [0.1, 0.15) is 0 Å². The fourth-order valence-electron chi connectivity index (χ4n) is 2.15. The highest BCUT2D eigenvalue weighted by molar-refractivity contribution is 6.12. The summed E-state index contributed by atoms with van der Waals surface area (Å²) in [5.41, 5.74) is 3.62. The number of ketones is 1. The summed E-state index contributed by atoms with van der Waals surface area (Å²) in [4.78, 5) is 12.2. The van der Waals surface area contributed by atoms with E-state index in [4.69, 9.17) is 0 Å². The zero-order valence-electron chi connectivity index (χ0n) is 13.5. The minimum absolute atomic E-state index is 0.119. The Morgan fingerprint density at radius 3 is 2.23 bits per heavy atom. The number of hydrogen-bond acceptors (Lipinski definition) is 2. The maximum Gasteiger partial charge on any atom is 0.238 e. The number of carbonyl (C=O) groups is 1. The molecular formula is C20H21NO. The molecular weight excluding hydrogens is 270 g/mol. The summed E-state index contributed by atoms with van der Waals surface area (Å²) in [5.74, 6) is 5.49. The molecule has 22 heavy (non-hydrogen) atoms. The van der Waals surface area contributed by atoms with E-state index in [0.717, 1.165) is 11.3 Å². The van der Waals surface area contributed by atoms with Crippen LogP contribution in [0.4, 0.5) is 5.69 Å². The minimum Gasteiger partial charge on any atom is -0.388 e. The topological polar surface area (TPSA) is 29.1 Å². The van der Waals surface area contributed by atoms with Crippen molar-refractivity contribution in [2.75, 3.05) is 12.4 Å². The molecule has 0 aliphatic heterocycles. The fraction of sp³-hybridized carbons (Fsp3) is 0.250. The molecule has 0 spiro atoms. The van der Waals surface area contributed by atoms with E-state index >= 15 is 0 Å². The van der Waals surface area contributed by atoms with Crippen LogP contribution in [0.25, 0.3) is 0 Å². The predicted molar refractivity (Wildman–Crippen MR) is 92.3 cm³/mol. The van der Waals surface area contributed by atoms with Crippen molar-refractivity contribution >= 4 is 11.5 Å². The van der Waals surface area contributed by atoms with Gasteiger partial charge in [-0.3, -0.25) is 4.79 Å². The summed E-state index contributed by atoms with van der Waals surface area (Å²) in [5, 5.41) is 3.01. The molecule has 0 bridgehead atoms. The predicted octanol–water partition coefficient (Wildman–Crippen LogP) is 4.26. The van der Waals surface area contributed by atoms with Crippen molar-refractivity contribution in [3.8, 4) is 11.8 Å². The van der Waals surface area contributed by atoms with E-state index in [-0.39, 0.29) is 11.2 Å². The molecule has 1 N–H and O–H groups in total. The molecule has 0 aliphatic rings. The smallest absolute Gasteiger partial charge is 0.238 e. The second-order valence-electron chi connectivity index (χ2n) is 6.20. The average Bonchev–Trinajstić information content (AvgIpc) is 2.52. The summed E-state index contributed by atoms with van der Waals surface area (Å²) in [6.45, 7) is 6.52. The zero-order valence-corrected chi connectivity index (χ0v) is 13.5. The largest absolute Gasteiger partial charge is 0.388 e. The highest BCUT2D eigenvalue weighted by Crippen LogP contribution is 2.22. The first-order valence-corrected chi connectivity index (χ1v) is 7.35. The van der Waals surface area contributed by atoms with Gasteiger partial charge in [-0.05, 0) is 41.2 Å². The van der Waals surface area contributed by atoms with E-state index in [1.54, 1.807) is 13.1 Å². The Hall–Kier alpha value is -2.53. The van der Waals surface area contributed by atoms with Crippen molar-refractivity contribution in [3.63, 3.8) is 0 Å². The molecule has 0 fully saturated rings. The first-order valence-electron chi connectivity index (χ1n) is 7.35. The molecule has 0 saturated heterocycles. The number of Topliss-reactive ketones (excluding diaryl/α,β-unsaturated/α-hetero) is 1. The van der Waals surface area contributed by atoms with Gasteiger partial charge in [-0.15, -0.1) is 0 Å². The Balaban J connectivity index is 2.21. The van der Waals surface area contributed by atoms with E-state index in [0.29, 0.717) is 5.56 Å². The van der Waals surface area contributed by atoms with Gasteiger partial charge in [0.25, 0.3) is 0 Å². The maximum absolute atomic E-state index is 12.2. The molecule has 112 valence electrons. The standard InChI is InChI=1S/C20H21NO/c1-20(2,3)16-12-9-15(10-13-16)11-14-19(22)17-7-5-6-8-18(17)21-4/h5-10,12-13,21H,1-4H3. The van der Waals surface area contributed by atoms with Crippen molar-refractivity contribution in [1.29, 1.82) is 0 Å². The van der Waals surface area contributed by atoms with Gasteiger partial charge in [-0.1, -0.05) is 51.0 Å². The molecule has 0 heterocycles. The van der Waals surface area contributed by atoms with E-state index in [2.05, 4.69) is 50.1 Å². The summed E-state index contributed by atoms with van der Waals surface area (Å²) < 4.78 is 0. The van der Waals surface area contributed by atoms with Crippen molar-refractivity contribution in [2.45, 2.75) is 26.2 Å². The van der Waals surface area contributed by atoms with Crippen LogP contribution in [0, 0.1) is 11.8 Å². The monoisotopic (exact) mass is 291 g/mol. The number of anilines is 1. The third-order valence-electron chi connectivity index (χ3n) is 3.51. The quantitative estimate of drug-likeness (QED) is 0.661.